The van der Waals surface area contributed by atoms with Gasteiger partial charge in [0.05, 0.1) is 17.2 Å². The van der Waals surface area contributed by atoms with Gasteiger partial charge < -0.3 is 9.80 Å². The molecule has 0 saturated carbocycles. The van der Waals surface area contributed by atoms with E-state index in [0.29, 0.717) is 17.9 Å². The molecule has 0 unspecified atom stereocenters. The third kappa shape index (κ3) is 2.22. The van der Waals surface area contributed by atoms with Crippen molar-refractivity contribution >= 4 is 21.4 Å². The van der Waals surface area contributed by atoms with E-state index in [9.17, 15) is 13.2 Å². The Morgan fingerprint density at radius 2 is 2.12 bits per heavy atom. The van der Waals surface area contributed by atoms with Crippen LogP contribution in [0.2, 0.25) is 0 Å². The van der Waals surface area contributed by atoms with Crippen LogP contribution >= 0.6 is 0 Å². The summed E-state index contributed by atoms with van der Waals surface area (Å²) in [5.41, 5.74) is 0.961. The van der Waals surface area contributed by atoms with Crippen molar-refractivity contribution in [3.05, 3.63) is 30.2 Å². The Bertz CT molecular complexity index is 907. The summed E-state index contributed by atoms with van der Waals surface area (Å²) >= 11 is 0. The van der Waals surface area contributed by atoms with Crippen molar-refractivity contribution in [2.24, 2.45) is 5.92 Å². The maximum absolute atomic E-state index is 12.9. The monoisotopic (exact) mass is 349 g/mol. The molecular formula is C15H19N5O3S. The first kappa shape index (κ1) is 15.5. The zero-order chi connectivity index (χ0) is 17.1. The molecule has 2 aliphatic heterocycles. The van der Waals surface area contributed by atoms with Crippen LogP contribution in [0.25, 0.3) is 5.65 Å². The molecule has 8 nitrogen and oxygen atoms in total. The summed E-state index contributed by atoms with van der Waals surface area (Å²) < 4.78 is 26.4. The molecule has 0 bridgehead atoms. The van der Waals surface area contributed by atoms with Crippen molar-refractivity contribution in [2.75, 3.05) is 32.9 Å². The minimum absolute atomic E-state index is 0.0407. The van der Waals surface area contributed by atoms with Gasteiger partial charge >= 0.3 is 0 Å². The summed E-state index contributed by atoms with van der Waals surface area (Å²) in [6, 6.07) is 3.48. The fraction of sp³-hybridized carbons (Fsp3) is 0.533. The van der Waals surface area contributed by atoms with E-state index in [1.165, 1.54) is 10.7 Å². The number of sulfone groups is 1. The highest BCUT2D eigenvalue weighted by atomic mass is 32.2. The standard InChI is InChI=1S/C15H19N5O3S/c1-18(2)12-9-24(22,23)13-8-19(7-10(12)13)15(21)11-6-16-14-4-3-5-17-20(11)14/h3-6,10,12-13H,7-9H2,1-2H3/t10-,12-,13-/m0/s1. The maximum atomic E-state index is 12.9. The molecule has 0 radical (unpaired) electrons. The van der Waals surface area contributed by atoms with E-state index >= 15 is 0 Å². The zero-order valence-corrected chi connectivity index (χ0v) is 14.3. The first-order valence-electron chi connectivity index (χ1n) is 7.84. The van der Waals surface area contributed by atoms with Gasteiger partial charge in [-0.25, -0.2) is 17.9 Å². The lowest BCUT2D eigenvalue weighted by molar-refractivity contribution is 0.0771. The van der Waals surface area contributed by atoms with E-state index in [-0.39, 0.29) is 30.2 Å². The molecule has 3 atom stereocenters. The summed E-state index contributed by atoms with van der Waals surface area (Å²) in [6.45, 7) is 0.696. The molecule has 2 aromatic rings. The molecule has 4 rings (SSSR count). The van der Waals surface area contributed by atoms with Gasteiger partial charge in [0, 0.05) is 31.2 Å². The van der Waals surface area contributed by atoms with Crippen LogP contribution in [0.1, 0.15) is 10.5 Å². The molecule has 128 valence electrons. The molecule has 4 heterocycles. The molecule has 2 fully saturated rings. The Kier molecular flexibility index (Phi) is 3.40. The number of hydrogen-bond acceptors (Lipinski definition) is 6. The minimum atomic E-state index is -3.17. The molecule has 24 heavy (non-hydrogen) atoms. The summed E-state index contributed by atoms with van der Waals surface area (Å²) in [5, 5.41) is 3.69. The van der Waals surface area contributed by atoms with Crippen molar-refractivity contribution in [3.63, 3.8) is 0 Å². The van der Waals surface area contributed by atoms with Crippen LogP contribution in [-0.4, -0.2) is 83.0 Å². The van der Waals surface area contributed by atoms with Crippen molar-refractivity contribution in [1.29, 1.82) is 0 Å². The average molecular weight is 349 g/mol. The Labute approximate surface area is 140 Å². The van der Waals surface area contributed by atoms with E-state index in [4.69, 9.17) is 0 Å². The van der Waals surface area contributed by atoms with Crippen LogP contribution < -0.4 is 0 Å². The first-order chi connectivity index (χ1) is 11.4. The van der Waals surface area contributed by atoms with E-state index in [1.54, 1.807) is 23.2 Å². The van der Waals surface area contributed by atoms with Gasteiger partial charge in [-0.1, -0.05) is 0 Å². The molecule has 0 spiro atoms. The Hall–Kier alpha value is -2.00. The third-order valence-corrected chi connectivity index (χ3v) is 7.34. The number of carbonyl (C=O) groups excluding carboxylic acids is 1. The molecule has 0 N–H and O–H groups in total. The summed E-state index contributed by atoms with van der Waals surface area (Å²) in [6.07, 6.45) is 3.09. The van der Waals surface area contributed by atoms with Crippen LogP contribution in [0.4, 0.5) is 0 Å². The van der Waals surface area contributed by atoms with Gasteiger partial charge in [-0.15, -0.1) is 0 Å². The number of nitrogens with zero attached hydrogens (tertiary/aromatic N) is 5. The molecule has 2 saturated heterocycles. The topological polar surface area (TPSA) is 87.9 Å². The molecule has 2 aliphatic rings. The Morgan fingerprint density at radius 3 is 2.88 bits per heavy atom. The summed E-state index contributed by atoms with van der Waals surface area (Å²) in [5.74, 6) is -0.0847. The highest BCUT2D eigenvalue weighted by Gasteiger charge is 2.53. The van der Waals surface area contributed by atoms with Gasteiger partial charge in [-0.05, 0) is 26.2 Å². The second kappa shape index (κ2) is 5.25. The number of imidazole rings is 1. The molecule has 0 aliphatic carbocycles. The Morgan fingerprint density at radius 1 is 1.33 bits per heavy atom. The normalized spacial score (nSPS) is 28.6. The van der Waals surface area contributed by atoms with Gasteiger partial charge in [0.2, 0.25) is 0 Å². The third-order valence-electron chi connectivity index (χ3n) is 5.12. The number of amides is 1. The van der Waals surface area contributed by atoms with E-state index in [0.717, 1.165) is 0 Å². The van der Waals surface area contributed by atoms with Gasteiger partial charge in [0.25, 0.3) is 5.91 Å². The van der Waals surface area contributed by atoms with Crippen LogP contribution in [-0.2, 0) is 9.84 Å². The highest BCUT2D eigenvalue weighted by Crippen LogP contribution is 2.36. The number of likely N-dealkylation sites (tertiary alicyclic amines) is 1. The second-order valence-electron chi connectivity index (χ2n) is 6.71. The first-order valence-corrected chi connectivity index (χ1v) is 9.56. The van der Waals surface area contributed by atoms with Crippen molar-refractivity contribution in [2.45, 2.75) is 11.3 Å². The largest absolute Gasteiger partial charge is 0.336 e. The zero-order valence-electron chi connectivity index (χ0n) is 13.5. The molecular weight excluding hydrogens is 330 g/mol. The molecule has 0 aromatic carbocycles. The summed E-state index contributed by atoms with van der Waals surface area (Å²) in [4.78, 5) is 20.6. The fourth-order valence-electron chi connectivity index (χ4n) is 3.87. The van der Waals surface area contributed by atoms with Crippen molar-refractivity contribution in [1.82, 2.24) is 24.4 Å². The number of hydrogen-bond donors (Lipinski definition) is 0. The van der Waals surface area contributed by atoms with E-state index in [2.05, 4.69) is 10.1 Å². The number of rotatable bonds is 2. The van der Waals surface area contributed by atoms with Crippen LogP contribution in [0.15, 0.2) is 24.5 Å². The van der Waals surface area contributed by atoms with E-state index < -0.39 is 15.1 Å². The quantitative estimate of drug-likeness (QED) is 0.728. The van der Waals surface area contributed by atoms with Gasteiger partial charge in [0.1, 0.15) is 0 Å². The van der Waals surface area contributed by atoms with Gasteiger partial charge in [-0.3, -0.25) is 4.79 Å². The van der Waals surface area contributed by atoms with Crippen molar-refractivity contribution < 1.29 is 13.2 Å². The lowest BCUT2D eigenvalue weighted by Crippen LogP contribution is -2.39. The van der Waals surface area contributed by atoms with Gasteiger partial charge in [0.15, 0.2) is 21.2 Å². The second-order valence-corrected chi connectivity index (χ2v) is 8.97. The lowest BCUT2D eigenvalue weighted by Gasteiger charge is -2.24. The summed E-state index contributed by atoms with van der Waals surface area (Å²) in [7, 11) is 0.611. The maximum Gasteiger partial charge on any atom is 0.274 e. The highest BCUT2D eigenvalue weighted by molar-refractivity contribution is 7.92. The predicted octanol–water partition coefficient (Wildman–Crippen LogP) is -0.471. The fourth-order valence-corrected chi connectivity index (χ4v) is 6.34. The number of aromatic nitrogens is 3. The van der Waals surface area contributed by atoms with Gasteiger partial charge in [-0.2, -0.15) is 5.10 Å². The molecule has 2 aromatic heterocycles. The molecule has 9 heteroatoms. The average Bonchev–Trinajstić information content (AvgIpc) is 3.21. The van der Waals surface area contributed by atoms with E-state index in [1.807, 2.05) is 19.0 Å². The SMILES string of the molecule is CN(C)[C@H]1CS(=O)(=O)[C@H]2CN(C(=O)c3cnc4cccnn34)C[C@@H]12. The van der Waals surface area contributed by atoms with Crippen LogP contribution in [0, 0.1) is 5.92 Å². The Balaban J connectivity index is 1.64. The predicted molar refractivity (Wildman–Crippen MR) is 87.4 cm³/mol. The van der Waals surface area contributed by atoms with Crippen LogP contribution in [0.5, 0.6) is 0 Å². The van der Waals surface area contributed by atoms with Crippen LogP contribution in [0.3, 0.4) is 0 Å². The van der Waals surface area contributed by atoms with Crippen molar-refractivity contribution in [3.8, 4) is 0 Å². The lowest BCUT2D eigenvalue weighted by atomic mass is 10.00. The smallest absolute Gasteiger partial charge is 0.274 e. The number of fused-ring (bicyclic) bond motifs is 2. The molecule has 1 amide bonds. The number of carbonyl (C=O) groups is 1. The minimum Gasteiger partial charge on any atom is -0.336 e.